The number of likely N-dealkylation sites (tertiary alicyclic amines) is 1. The number of hydrogen-bond donors (Lipinski definition) is 2. The molecule has 3 rings (SSSR count). The van der Waals surface area contributed by atoms with Crippen LogP contribution in [0.5, 0.6) is 5.75 Å². The molecule has 0 aromatic heterocycles. The minimum Gasteiger partial charge on any atom is -0.494 e. The van der Waals surface area contributed by atoms with Gasteiger partial charge >= 0.3 is 0 Å². The first kappa shape index (κ1) is 23.5. The number of hydrogen-bond acceptors (Lipinski definition) is 5. The lowest BCUT2D eigenvalue weighted by atomic mass is 9.58. The van der Waals surface area contributed by atoms with Crippen LogP contribution in [-0.2, 0) is 11.3 Å². The van der Waals surface area contributed by atoms with Crippen LogP contribution in [0.4, 0.5) is 0 Å². The second kappa shape index (κ2) is 10.7. The second-order valence-electron chi connectivity index (χ2n) is 6.99. The summed E-state index contributed by atoms with van der Waals surface area (Å²) in [7, 11) is 0. The molecule has 0 unspecified atom stereocenters. The monoisotopic (exact) mass is 406 g/mol. The number of aliphatic hydroxyl groups excluding tert-OH is 1. The van der Waals surface area contributed by atoms with Gasteiger partial charge in [-0.2, -0.15) is 0 Å². The summed E-state index contributed by atoms with van der Waals surface area (Å²) < 4.78 is 11.4. The average Bonchev–Trinajstić information content (AvgIpc) is 2.61. The summed E-state index contributed by atoms with van der Waals surface area (Å²) in [6.45, 7) is 6.80. The van der Waals surface area contributed by atoms with E-state index in [9.17, 15) is 5.11 Å². The predicted octanol–water partition coefficient (Wildman–Crippen LogP) is 2.62. The fourth-order valence-electron chi connectivity index (χ4n) is 4.07. The van der Waals surface area contributed by atoms with Crippen molar-refractivity contribution in [2.45, 2.75) is 44.9 Å². The highest BCUT2D eigenvalue weighted by Crippen LogP contribution is 2.51. The third-order valence-electron chi connectivity index (χ3n) is 5.61. The molecule has 2 fully saturated rings. The molecular formula is C19H32Cl2N2O3. The van der Waals surface area contributed by atoms with E-state index < -0.39 is 0 Å². The molecular weight excluding hydrogens is 375 g/mol. The molecule has 0 radical (unpaired) electrons. The van der Waals surface area contributed by atoms with Crippen molar-refractivity contribution in [1.82, 2.24) is 4.90 Å². The Morgan fingerprint density at radius 3 is 2.38 bits per heavy atom. The minimum atomic E-state index is -0.215. The van der Waals surface area contributed by atoms with Gasteiger partial charge in [0.25, 0.3) is 0 Å². The first-order chi connectivity index (χ1) is 11.7. The van der Waals surface area contributed by atoms with Crippen LogP contribution in [0.15, 0.2) is 24.3 Å². The topological polar surface area (TPSA) is 68.0 Å². The van der Waals surface area contributed by atoms with E-state index >= 15 is 0 Å². The summed E-state index contributed by atoms with van der Waals surface area (Å²) in [6.07, 6.45) is 2.73. The maximum absolute atomic E-state index is 10.3. The lowest BCUT2D eigenvalue weighted by Crippen LogP contribution is -2.62. The Morgan fingerprint density at radius 1 is 1.19 bits per heavy atom. The molecule has 1 heterocycles. The summed E-state index contributed by atoms with van der Waals surface area (Å²) >= 11 is 0. The highest BCUT2D eigenvalue weighted by molar-refractivity contribution is 5.85. The van der Waals surface area contributed by atoms with Gasteiger partial charge in [0, 0.05) is 24.9 Å². The van der Waals surface area contributed by atoms with Gasteiger partial charge in [0.2, 0.25) is 0 Å². The Labute approximate surface area is 169 Å². The van der Waals surface area contributed by atoms with Crippen LogP contribution >= 0.6 is 24.8 Å². The number of nitrogens with two attached hydrogens (primary N) is 1. The molecule has 1 aliphatic heterocycles. The largest absolute Gasteiger partial charge is 0.494 e. The normalized spacial score (nSPS) is 24.3. The van der Waals surface area contributed by atoms with Crippen molar-refractivity contribution < 1.29 is 14.6 Å². The van der Waals surface area contributed by atoms with E-state index in [-0.39, 0.29) is 42.4 Å². The van der Waals surface area contributed by atoms with Gasteiger partial charge in [-0.1, -0.05) is 12.1 Å². The molecule has 1 aliphatic carbocycles. The third kappa shape index (κ3) is 5.03. The fourth-order valence-corrected chi connectivity index (χ4v) is 4.07. The molecule has 1 aromatic rings. The molecule has 3 N–H and O–H groups in total. The smallest absolute Gasteiger partial charge is 0.119 e. The minimum absolute atomic E-state index is 0. The van der Waals surface area contributed by atoms with Crippen LogP contribution in [0.25, 0.3) is 0 Å². The first-order valence-electron chi connectivity index (χ1n) is 9.12. The van der Waals surface area contributed by atoms with Crippen molar-refractivity contribution in [3.8, 4) is 5.75 Å². The summed E-state index contributed by atoms with van der Waals surface area (Å²) in [5, 5.41) is 10.3. The molecule has 0 bridgehead atoms. The van der Waals surface area contributed by atoms with E-state index in [0.717, 1.165) is 44.6 Å². The van der Waals surface area contributed by atoms with Crippen LogP contribution in [0.3, 0.4) is 0 Å². The van der Waals surface area contributed by atoms with E-state index in [1.807, 2.05) is 19.1 Å². The standard InChI is InChI=1S/C19H30N2O3.2ClH/c1-2-23-16-5-3-15(4-6-16)14-21-10-7-19(8-11-21)17(22)13-18(19)24-12-9-20;;/h3-6,17-18,22H,2,7-14,20H2,1H3;2*1H/t17-,18+;;/m1../s1. The van der Waals surface area contributed by atoms with E-state index in [4.69, 9.17) is 15.2 Å². The van der Waals surface area contributed by atoms with Gasteiger partial charge in [0.05, 0.1) is 25.4 Å². The number of halogens is 2. The van der Waals surface area contributed by atoms with Gasteiger partial charge in [-0.3, -0.25) is 4.90 Å². The number of piperidine rings is 1. The van der Waals surface area contributed by atoms with Crippen molar-refractivity contribution >= 4 is 24.8 Å². The van der Waals surface area contributed by atoms with Gasteiger partial charge in [-0.05, 0) is 50.6 Å². The summed E-state index contributed by atoms with van der Waals surface area (Å²) in [5.41, 5.74) is 6.81. The predicted molar refractivity (Wildman–Crippen MR) is 108 cm³/mol. The quantitative estimate of drug-likeness (QED) is 0.728. The van der Waals surface area contributed by atoms with Gasteiger partial charge < -0.3 is 20.3 Å². The number of benzene rings is 1. The van der Waals surface area contributed by atoms with Crippen LogP contribution in [0, 0.1) is 5.41 Å². The van der Waals surface area contributed by atoms with Crippen molar-refractivity contribution in [1.29, 1.82) is 0 Å². The van der Waals surface area contributed by atoms with E-state index in [1.165, 1.54) is 5.56 Å². The summed E-state index contributed by atoms with van der Waals surface area (Å²) in [6, 6.07) is 8.36. The van der Waals surface area contributed by atoms with Crippen molar-refractivity contribution in [3.63, 3.8) is 0 Å². The molecule has 1 aromatic carbocycles. The molecule has 1 saturated heterocycles. The van der Waals surface area contributed by atoms with Crippen molar-refractivity contribution in [2.24, 2.45) is 11.1 Å². The Bertz CT molecular complexity index is 522. The maximum atomic E-state index is 10.3. The third-order valence-corrected chi connectivity index (χ3v) is 5.61. The van der Waals surface area contributed by atoms with E-state index in [2.05, 4.69) is 17.0 Å². The number of rotatable bonds is 7. The van der Waals surface area contributed by atoms with Crippen LogP contribution < -0.4 is 10.5 Å². The van der Waals surface area contributed by atoms with Crippen molar-refractivity contribution in [2.75, 3.05) is 32.8 Å². The van der Waals surface area contributed by atoms with E-state index in [0.29, 0.717) is 19.8 Å². The highest BCUT2D eigenvalue weighted by atomic mass is 35.5. The SMILES string of the molecule is CCOc1ccc(CN2CCC3(CC2)[C@H](O)C[C@@H]3OCCN)cc1.Cl.Cl. The fraction of sp³-hybridized carbons (Fsp3) is 0.684. The molecule has 150 valence electrons. The molecule has 2 atom stereocenters. The molecule has 1 spiro atoms. The lowest BCUT2D eigenvalue weighted by Gasteiger charge is -2.56. The van der Waals surface area contributed by atoms with Crippen LogP contribution in [0.2, 0.25) is 0 Å². The number of nitrogens with zero attached hydrogens (tertiary/aromatic N) is 1. The lowest BCUT2D eigenvalue weighted by molar-refractivity contribution is -0.210. The highest BCUT2D eigenvalue weighted by Gasteiger charge is 2.55. The Kier molecular flexibility index (Phi) is 9.65. The van der Waals surface area contributed by atoms with Gasteiger partial charge in [-0.25, -0.2) is 0 Å². The summed E-state index contributed by atoms with van der Waals surface area (Å²) in [4.78, 5) is 2.46. The Morgan fingerprint density at radius 2 is 1.85 bits per heavy atom. The van der Waals surface area contributed by atoms with Gasteiger partial charge in [0.1, 0.15) is 5.75 Å². The molecule has 0 amide bonds. The van der Waals surface area contributed by atoms with Gasteiger partial charge in [-0.15, -0.1) is 24.8 Å². The molecule has 2 aliphatic rings. The summed E-state index contributed by atoms with van der Waals surface area (Å²) in [5.74, 6) is 0.927. The van der Waals surface area contributed by atoms with Crippen LogP contribution in [-0.4, -0.2) is 55.1 Å². The maximum Gasteiger partial charge on any atom is 0.119 e. The molecule has 26 heavy (non-hydrogen) atoms. The number of aliphatic hydroxyl groups is 1. The zero-order valence-corrected chi connectivity index (χ0v) is 17.1. The molecule has 1 saturated carbocycles. The first-order valence-corrected chi connectivity index (χ1v) is 9.12. The molecule has 7 heteroatoms. The molecule has 5 nitrogen and oxygen atoms in total. The second-order valence-corrected chi connectivity index (χ2v) is 6.99. The number of ether oxygens (including phenoxy) is 2. The Balaban J connectivity index is 0.00000169. The van der Waals surface area contributed by atoms with Crippen molar-refractivity contribution in [3.05, 3.63) is 29.8 Å². The van der Waals surface area contributed by atoms with Crippen LogP contribution in [0.1, 0.15) is 31.7 Å². The Hall–Kier alpha value is -0.560. The zero-order valence-electron chi connectivity index (χ0n) is 15.4. The van der Waals surface area contributed by atoms with E-state index in [1.54, 1.807) is 0 Å². The zero-order chi connectivity index (χ0) is 17.0. The average molecular weight is 407 g/mol. The van der Waals surface area contributed by atoms with Gasteiger partial charge in [0.15, 0.2) is 0 Å².